The van der Waals surface area contributed by atoms with Crippen LogP contribution in [0.1, 0.15) is 52.2 Å². The van der Waals surface area contributed by atoms with E-state index in [0.717, 1.165) is 44.2 Å². The number of nitrogen functional groups attached to an aromatic ring is 1. The molecule has 0 bridgehead atoms. The lowest BCUT2D eigenvalue weighted by Crippen LogP contribution is -2.41. The summed E-state index contributed by atoms with van der Waals surface area (Å²) in [6.07, 6.45) is 0.376. The van der Waals surface area contributed by atoms with Gasteiger partial charge in [-0.15, -0.1) is 0 Å². The van der Waals surface area contributed by atoms with Crippen molar-refractivity contribution in [1.29, 1.82) is 0 Å². The molecular weight excluding hydrogens is 574 g/mol. The molecule has 42 heavy (non-hydrogen) atoms. The molecule has 3 heterocycles. The van der Waals surface area contributed by atoms with Gasteiger partial charge in [0, 0.05) is 0 Å². The van der Waals surface area contributed by atoms with Crippen molar-refractivity contribution in [3.8, 4) is 5.75 Å². The van der Waals surface area contributed by atoms with Gasteiger partial charge in [0.2, 0.25) is 0 Å². The highest BCUT2D eigenvalue weighted by atomic mass is 31.2. The molecule has 1 aromatic carbocycles. The Morgan fingerprint density at radius 3 is 2.57 bits per heavy atom. The number of aliphatic hydroxyl groups is 2. The van der Waals surface area contributed by atoms with Crippen molar-refractivity contribution in [2.24, 2.45) is 0 Å². The van der Waals surface area contributed by atoms with Crippen LogP contribution in [-0.4, -0.2) is 72.3 Å². The molecule has 2 aromatic heterocycles. The zero-order chi connectivity index (χ0) is 30.0. The molecule has 0 amide bonds. The predicted molar refractivity (Wildman–Crippen MR) is 146 cm³/mol. The van der Waals surface area contributed by atoms with Crippen LogP contribution >= 0.6 is 7.75 Å². The molecule has 0 spiro atoms. The summed E-state index contributed by atoms with van der Waals surface area (Å²) in [5.41, 5.74) is 6.41. The molecule has 1 saturated carbocycles. The van der Waals surface area contributed by atoms with Gasteiger partial charge in [-0.1, -0.05) is 6.42 Å². The minimum Gasteiger partial charge on any atom is -0.461 e. The number of nitrogens with zero attached hydrogens (tertiary/aromatic N) is 4. The molecule has 7 atom stereocenters. The Morgan fingerprint density at radius 1 is 1.14 bits per heavy atom. The molecule has 1 saturated heterocycles. The van der Waals surface area contributed by atoms with Gasteiger partial charge in [-0.3, -0.25) is 13.9 Å². The van der Waals surface area contributed by atoms with Crippen molar-refractivity contribution in [3.63, 3.8) is 0 Å². The van der Waals surface area contributed by atoms with Gasteiger partial charge in [-0.2, -0.15) is 5.09 Å². The van der Waals surface area contributed by atoms with E-state index in [2.05, 4.69) is 20.0 Å². The van der Waals surface area contributed by atoms with Crippen molar-refractivity contribution < 1.29 is 42.5 Å². The molecule has 2 aliphatic rings. The van der Waals surface area contributed by atoms with E-state index in [-0.39, 0.29) is 28.8 Å². The minimum atomic E-state index is -4.40. The molecule has 14 nitrogen and oxygen atoms in total. The van der Waals surface area contributed by atoms with Crippen LogP contribution in [0.2, 0.25) is 0 Å². The number of carbonyl (C=O) groups excluding carboxylic acids is 1. The number of carbonyl (C=O) groups is 1. The van der Waals surface area contributed by atoms with Crippen molar-refractivity contribution in [2.75, 3.05) is 5.73 Å². The van der Waals surface area contributed by atoms with Crippen molar-refractivity contribution in [1.82, 2.24) is 24.6 Å². The molecule has 1 unspecified atom stereocenters. The highest BCUT2D eigenvalue weighted by Crippen LogP contribution is 2.48. The van der Waals surface area contributed by atoms with Gasteiger partial charge < -0.3 is 29.9 Å². The number of fused-ring (bicyclic) bond motifs is 1. The summed E-state index contributed by atoms with van der Waals surface area (Å²) >= 11 is 0. The number of ether oxygens (including phenoxy) is 2. The maximum Gasteiger partial charge on any atom is 0.459 e. The van der Waals surface area contributed by atoms with Gasteiger partial charge in [0.05, 0.1) is 12.4 Å². The topological polar surface area (TPSA) is 193 Å². The molecule has 1 aliphatic heterocycles. The molecule has 0 radical (unpaired) electrons. The third kappa shape index (κ3) is 6.56. The number of nitrogens with two attached hydrogens (primary N) is 1. The number of anilines is 1. The molecule has 228 valence electrons. The van der Waals surface area contributed by atoms with Crippen molar-refractivity contribution >= 4 is 30.7 Å². The van der Waals surface area contributed by atoms with E-state index in [1.165, 1.54) is 43.2 Å². The second-order valence-electron chi connectivity index (χ2n) is 10.5. The Kier molecular flexibility index (Phi) is 9.06. The summed E-state index contributed by atoms with van der Waals surface area (Å²) in [5.74, 6) is -1.05. The number of hydrogen-bond donors (Lipinski definition) is 4. The van der Waals surface area contributed by atoms with Crippen LogP contribution in [0.4, 0.5) is 10.2 Å². The Balaban J connectivity index is 1.33. The van der Waals surface area contributed by atoms with Crippen LogP contribution in [0.5, 0.6) is 5.75 Å². The van der Waals surface area contributed by atoms with Gasteiger partial charge in [-0.05, 0) is 63.8 Å². The molecule has 5 rings (SSSR count). The fourth-order valence-corrected chi connectivity index (χ4v) is 6.78. The van der Waals surface area contributed by atoms with Gasteiger partial charge in [0.25, 0.3) is 0 Å². The number of esters is 1. The molecule has 5 N–H and O–H groups in total. The summed E-state index contributed by atoms with van der Waals surface area (Å²) < 4.78 is 51.9. The first kappa shape index (κ1) is 30.3. The van der Waals surface area contributed by atoms with Crippen molar-refractivity contribution in [3.05, 3.63) is 42.7 Å². The lowest BCUT2D eigenvalue weighted by Gasteiger charge is -2.29. The second-order valence-corrected chi connectivity index (χ2v) is 12.1. The average Bonchev–Trinajstić information content (AvgIpc) is 3.52. The Bertz CT molecular complexity index is 1440. The molecule has 1 aliphatic carbocycles. The van der Waals surface area contributed by atoms with Gasteiger partial charge in [0.1, 0.15) is 53.9 Å². The lowest BCUT2D eigenvalue weighted by atomic mass is 9.98. The van der Waals surface area contributed by atoms with Crippen LogP contribution in [0.3, 0.4) is 0 Å². The number of imidazole rings is 1. The normalized spacial score (nSPS) is 26.0. The minimum absolute atomic E-state index is 0.000221. The van der Waals surface area contributed by atoms with Crippen LogP contribution in [0.25, 0.3) is 11.2 Å². The Labute approximate surface area is 240 Å². The number of benzene rings is 1. The summed E-state index contributed by atoms with van der Waals surface area (Å²) in [5, 5.41) is 24.3. The number of nitrogens with one attached hydrogen (secondary N) is 1. The van der Waals surface area contributed by atoms with E-state index in [1.54, 1.807) is 0 Å². The highest BCUT2D eigenvalue weighted by Gasteiger charge is 2.49. The van der Waals surface area contributed by atoms with Crippen LogP contribution in [0.15, 0.2) is 36.9 Å². The van der Waals surface area contributed by atoms with Gasteiger partial charge in [0.15, 0.2) is 17.7 Å². The van der Waals surface area contributed by atoms with E-state index in [4.69, 9.17) is 24.3 Å². The fourth-order valence-electron chi connectivity index (χ4n) is 5.09. The summed E-state index contributed by atoms with van der Waals surface area (Å²) in [6, 6.07) is 3.61. The quantitative estimate of drug-likeness (QED) is 0.194. The zero-order valence-corrected chi connectivity index (χ0v) is 24.0. The Morgan fingerprint density at radius 2 is 1.86 bits per heavy atom. The first-order valence-corrected chi connectivity index (χ1v) is 15.3. The summed E-state index contributed by atoms with van der Waals surface area (Å²) in [6.45, 7) is 2.92. The van der Waals surface area contributed by atoms with Crippen molar-refractivity contribution in [2.45, 2.75) is 88.7 Å². The first-order valence-electron chi connectivity index (χ1n) is 13.7. The first-order chi connectivity index (χ1) is 20.0. The Hall–Kier alpha value is -3.20. The largest absolute Gasteiger partial charge is 0.461 e. The second kappa shape index (κ2) is 12.6. The van der Waals surface area contributed by atoms with E-state index in [9.17, 15) is 24.0 Å². The fraction of sp³-hybridized carbons (Fsp3) is 0.538. The smallest absolute Gasteiger partial charge is 0.459 e. The van der Waals surface area contributed by atoms with Crippen LogP contribution in [0, 0.1) is 5.82 Å². The summed E-state index contributed by atoms with van der Waals surface area (Å²) in [7, 11) is -4.40. The number of rotatable bonds is 10. The SMILES string of the molecule is C[C@H](NP(=O)(Oc1ccc(F)cc1)O[C@@H](C)[C@H]1O[C@@H](n2cnc3c(N)ncnc32)[C@H](O)[C@@H]1O)C(=O)OC1CCCCC1. The highest BCUT2D eigenvalue weighted by molar-refractivity contribution is 7.52. The predicted octanol–water partition coefficient (Wildman–Crippen LogP) is 2.61. The third-order valence-electron chi connectivity index (χ3n) is 7.28. The lowest BCUT2D eigenvalue weighted by molar-refractivity contribution is -0.152. The number of halogens is 1. The molecule has 2 fully saturated rings. The van der Waals surface area contributed by atoms with Crippen LogP contribution < -0.4 is 15.3 Å². The van der Waals surface area contributed by atoms with E-state index in [0.29, 0.717) is 0 Å². The van der Waals surface area contributed by atoms with Gasteiger partial charge in [-0.25, -0.2) is 23.9 Å². The number of aliphatic hydroxyl groups excluding tert-OH is 2. The van der Waals surface area contributed by atoms with E-state index >= 15 is 0 Å². The monoisotopic (exact) mass is 608 g/mol. The zero-order valence-electron chi connectivity index (χ0n) is 23.1. The molecular formula is C26H34FN6O8P. The number of aromatic nitrogens is 4. The summed E-state index contributed by atoms with van der Waals surface area (Å²) in [4.78, 5) is 25.0. The third-order valence-corrected chi connectivity index (χ3v) is 9.05. The average molecular weight is 609 g/mol. The maximum absolute atomic E-state index is 14.0. The van der Waals surface area contributed by atoms with Crippen LogP contribution in [-0.2, 0) is 23.4 Å². The molecule has 16 heteroatoms. The van der Waals surface area contributed by atoms with E-state index in [1.807, 2.05) is 0 Å². The number of hydrogen-bond acceptors (Lipinski definition) is 12. The van der Waals surface area contributed by atoms with Gasteiger partial charge >= 0.3 is 13.7 Å². The van der Waals surface area contributed by atoms with E-state index < -0.39 is 56.2 Å². The standard InChI is InChI=1S/C26H34FN6O8P/c1-14(26(36)38-17-6-4-3-5-7-17)32-42(37,41-18-10-8-16(27)9-11-18)40-15(2)22-20(34)21(35)25(39-22)33-13-31-19-23(28)29-12-30-24(19)33/h8-15,17,20-22,25,34-35H,3-7H2,1-2H3,(H,32,37)(H2,28,29,30)/t14-,15-,20-,21+,22+,25+,42?/m0/s1. The maximum atomic E-state index is 14.0. The molecule has 3 aromatic rings.